The van der Waals surface area contributed by atoms with Crippen LogP contribution in [0.3, 0.4) is 0 Å². The first-order valence-corrected chi connectivity index (χ1v) is 8.18. The lowest BCUT2D eigenvalue weighted by Crippen LogP contribution is -2.53. The molecule has 2 atom stereocenters. The maximum Gasteiger partial charge on any atom is 0.326 e. The number of benzene rings is 1. The number of rotatable bonds is 9. The first kappa shape index (κ1) is 21.4. The number of urea groups is 1. The number of hydroxylamine groups is 1. The van der Waals surface area contributed by atoms with Gasteiger partial charge in [0.25, 0.3) is 5.91 Å². The average molecular weight is 367 g/mol. The SMILES string of the molecule is CC(C)CN(C[C@H](O)C(=O)NO)C(=O)N[C@@H](Cc1ccccc1)C(=O)O. The van der Waals surface area contributed by atoms with Crippen LogP contribution < -0.4 is 10.8 Å². The summed E-state index contributed by atoms with van der Waals surface area (Å²) in [7, 11) is 0. The van der Waals surface area contributed by atoms with E-state index in [2.05, 4.69) is 5.32 Å². The Kier molecular flexibility index (Phi) is 8.53. The second kappa shape index (κ2) is 10.4. The van der Waals surface area contributed by atoms with Gasteiger partial charge in [-0.3, -0.25) is 10.0 Å². The molecule has 0 heterocycles. The van der Waals surface area contributed by atoms with Gasteiger partial charge in [0, 0.05) is 13.0 Å². The molecule has 9 heteroatoms. The van der Waals surface area contributed by atoms with Gasteiger partial charge < -0.3 is 20.4 Å². The second-order valence-corrected chi connectivity index (χ2v) is 6.32. The van der Waals surface area contributed by atoms with Gasteiger partial charge in [0.2, 0.25) is 0 Å². The van der Waals surface area contributed by atoms with Crippen LogP contribution in [0.15, 0.2) is 30.3 Å². The first-order chi connectivity index (χ1) is 12.2. The molecule has 0 spiro atoms. The summed E-state index contributed by atoms with van der Waals surface area (Å²) in [6.45, 7) is 3.47. The lowest BCUT2D eigenvalue weighted by atomic mass is 10.1. The number of hydrogen-bond acceptors (Lipinski definition) is 5. The van der Waals surface area contributed by atoms with E-state index in [4.69, 9.17) is 5.21 Å². The van der Waals surface area contributed by atoms with E-state index in [9.17, 15) is 24.6 Å². The molecule has 1 aromatic rings. The van der Waals surface area contributed by atoms with Crippen molar-refractivity contribution in [1.82, 2.24) is 15.7 Å². The van der Waals surface area contributed by atoms with E-state index in [0.717, 1.165) is 10.5 Å². The van der Waals surface area contributed by atoms with Crippen LogP contribution in [0.2, 0.25) is 0 Å². The van der Waals surface area contributed by atoms with Gasteiger partial charge in [-0.05, 0) is 11.5 Å². The number of amides is 3. The third kappa shape index (κ3) is 7.08. The highest BCUT2D eigenvalue weighted by Crippen LogP contribution is 2.06. The van der Waals surface area contributed by atoms with Crippen molar-refractivity contribution in [2.24, 2.45) is 5.92 Å². The molecule has 144 valence electrons. The molecule has 0 unspecified atom stereocenters. The van der Waals surface area contributed by atoms with E-state index in [1.54, 1.807) is 30.3 Å². The van der Waals surface area contributed by atoms with Gasteiger partial charge in [-0.2, -0.15) is 0 Å². The molecule has 0 aliphatic carbocycles. The van der Waals surface area contributed by atoms with Crippen molar-refractivity contribution in [3.8, 4) is 0 Å². The Bertz CT molecular complexity index is 608. The smallest absolute Gasteiger partial charge is 0.326 e. The zero-order valence-corrected chi connectivity index (χ0v) is 14.8. The zero-order chi connectivity index (χ0) is 19.7. The molecule has 0 aliphatic rings. The van der Waals surface area contributed by atoms with Crippen molar-refractivity contribution in [3.63, 3.8) is 0 Å². The quantitative estimate of drug-likeness (QED) is 0.312. The summed E-state index contributed by atoms with van der Waals surface area (Å²) in [5.74, 6) is -2.23. The number of carbonyl (C=O) groups excluding carboxylic acids is 2. The minimum Gasteiger partial charge on any atom is -0.480 e. The second-order valence-electron chi connectivity index (χ2n) is 6.32. The summed E-state index contributed by atoms with van der Waals surface area (Å²) < 4.78 is 0. The monoisotopic (exact) mass is 367 g/mol. The van der Waals surface area contributed by atoms with Crippen LogP contribution in [0, 0.1) is 5.92 Å². The topological polar surface area (TPSA) is 139 Å². The highest BCUT2D eigenvalue weighted by molar-refractivity contribution is 5.84. The van der Waals surface area contributed by atoms with Crippen molar-refractivity contribution < 1.29 is 29.8 Å². The van der Waals surface area contributed by atoms with Gasteiger partial charge in [0.15, 0.2) is 6.10 Å². The zero-order valence-electron chi connectivity index (χ0n) is 14.8. The van der Waals surface area contributed by atoms with Crippen LogP contribution >= 0.6 is 0 Å². The molecule has 0 aromatic heterocycles. The third-order valence-electron chi connectivity index (χ3n) is 3.56. The summed E-state index contributed by atoms with van der Waals surface area (Å²) in [6, 6.07) is 6.97. The summed E-state index contributed by atoms with van der Waals surface area (Å²) >= 11 is 0. The Hall–Kier alpha value is -2.65. The Morgan fingerprint density at radius 3 is 2.23 bits per heavy atom. The number of carboxylic acids is 1. The van der Waals surface area contributed by atoms with Crippen molar-refractivity contribution in [2.75, 3.05) is 13.1 Å². The van der Waals surface area contributed by atoms with Crippen LogP contribution in [0.5, 0.6) is 0 Å². The molecule has 1 aromatic carbocycles. The minimum atomic E-state index is -1.64. The van der Waals surface area contributed by atoms with E-state index < -0.39 is 30.1 Å². The van der Waals surface area contributed by atoms with Gasteiger partial charge in [0.1, 0.15) is 6.04 Å². The molecular weight excluding hydrogens is 342 g/mol. The van der Waals surface area contributed by atoms with E-state index >= 15 is 0 Å². The fourth-order valence-electron chi connectivity index (χ4n) is 2.34. The predicted molar refractivity (Wildman–Crippen MR) is 92.4 cm³/mol. The standard InChI is InChI=1S/C17H25N3O6/c1-11(2)9-20(10-14(21)15(22)19-26)17(25)18-13(16(23)24)8-12-6-4-3-5-7-12/h3-7,11,13-14,21,26H,8-10H2,1-2H3,(H,18,25)(H,19,22)(H,23,24)/t13-,14-/m0/s1. The Balaban J connectivity index is 2.83. The summed E-state index contributed by atoms with van der Waals surface area (Å²) in [5.41, 5.74) is 2.06. The number of nitrogens with zero attached hydrogens (tertiary/aromatic N) is 1. The van der Waals surface area contributed by atoms with Gasteiger partial charge in [-0.25, -0.2) is 15.1 Å². The highest BCUT2D eigenvalue weighted by Gasteiger charge is 2.27. The Morgan fingerprint density at radius 2 is 1.73 bits per heavy atom. The molecule has 26 heavy (non-hydrogen) atoms. The van der Waals surface area contributed by atoms with Crippen LogP contribution in [0.4, 0.5) is 4.79 Å². The largest absolute Gasteiger partial charge is 0.480 e. The molecule has 9 nitrogen and oxygen atoms in total. The normalized spacial score (nSPS) is 13.0. The van der Waals surface area contributed by atoms with Crippen molar-refractivity contribution in [1.29, 1.82) is 0 Å². The summed E-state index contributed by atoms with van der Waals surface area (Å²) in [4.78, 5) is 36.4. The molecule has 0 saturated heterocycles. The van der Waals surface area contributed by atoms with Crippen molar-refractivity contribution in [3.05, 3.63) is 35.9 Å². The Labute approximate surface area is 151 Å². The van der Waals surface area contributed by atoms with E-state index in [1.807, 2.05) is 13.8 Å². The number of nitrogens with one attached hydrogen (secondary N) is 2. The summed E-state index contributed by atoms with van der Waals surface area (Å²) in [5, 5.41) is 30.1. The fraction of sp³-hybridized carbons (Fsp3) is 0.471. The number of aliphatic hydroxyl groups excluding tert-OH is 1. The molecule has 1 rings (SSSR count). The van der Waals surface area contributed by atoms with Gasteiger partial charge >= 0.3 is 12.0 Å². The van der Waals surface area contributed by atoms with Crippen molar-refractivity contribution >= 4 is 17.9 Å². The molecule has 0 fully saturated rings. The maximum atomic E-state index is 12.5. The molecule has 0 radical (unpaired) electrons. The molecule has 0 saturated carbocycles. The number of aliphatic carboxylic acids is 1. The van der Waals surface area contributed by atoms with Crippen LogP contribution in [0.1, 0.15) is 19.4 Å². The number of carbonyl (C=O) groups is 3. The number of carboxylic acid groups (broad SMARTS) is 1. The molecule has 0 bridgehead atoms. The van der Waals surface area contributed by atoms with E-state index in [-0.39, 0.29) is 25.4 Å². The third-order valence-corrected chi connectivity index (χ3v) is 3.56. The number of aliphatic hydroxyl groups is 1. The minimum absolute atomic E-state index is 0.0162. The van der Waals surface area contributed by atoms with Gasteiger partial charge in [-0.15, -0.1) is 0 Å². The van der Waals surface area contributed by atoms with Crippen LogP contribution in [-0.2, 0) is 16.0 Å². The maximum absolute atomic E-state index is 12.5. The van der Waals surface area contributed by atoms with Crippen LogP contribution in [-0.4, -0.2) is 63.5 Å². The Morgan fingerprint density at radius 1 is 1.12 bits per heavy atom. The molecular formula is C17H25N3O6. The van der Waals surface area contributed by atoms with E-state index in [1.165, 1.54) is 5.48 Å². The average Bonchev–Trinajstić information content (AvgIpc) is 2.60. The molecule has 0 aliphatic heterocycles. The predicted octanol–water partition coefficient (Wildman–Crippen LogP) is 0.216. The molecule has 3 amide bonds. The lowest BCUT2D eigenvalue weighted by molar-refractivity contribution is -0.140. The van der Waals surface area contributed by atoms with Crippen molar-refractivity contribution in [2.45, 2.75) is 32.4 Å². The lowest BCUT2D eigenvalue weighted by Gasteiger charge is -2.28. The first-order valence-electron chi connectivity index (χ1n) is 8.18. The highest BCUT2D eigenvalue weighted by atomic mass is 16.5. The summed E-state index contributed by atoms with van der Waals surface area (Å²) in [6.07, 6.45) is -1.54. The number of hydrogen-bond donors (Lipinski definition) is 5. The van der Waals surface area contributed by atoms with Crippen LogP contribution in [0.25, 0.3) is 0 Å². The van der Waals surface area contributed by atoms with Gasteiger partial charge in [-0.1, -0.05) is 44.2 Å². The van der Waals surface area contributed by atoms with E-state index in [0.29, 0.717) is 0 Å². The molecule has 5 N–H and O–H groups in total. The van der Waals surface area contributed by atoms with Gasteiger partial charge in [0.05, 0.1) is 6.54 Å². The fourth-order valence-corrected chi connectivity index (χ4v) is 2.34.